The average Bonchev–Trinajstić information content (AvgIpc) is 2.16. The highest BCUT2D eigenvalue weighted by Gasteiger charge is 2.08. The Bertz CT molecular complexity index is 556. The second-order valence-corrected chi connectivity index (χ2v) is 3.36. The molecule has 5 heteroatoms. The number of nitrogens with zero attached hydrogens (tertiary/aromatic N) is 1. The van der Waals surface area contributed by atoms with Gasteiger partial charge in [-0.3, -0.25) is 0 Å². The molecule has 0 bridgehead atoms. The molecule has 0 spiro atoms. The standard InChI is InChI=1S/C10H5ClFNO2/c11-7-3-5(12)4-9-6(7)1-2-8(13-9)10(14)15/h1-4H,(H,14,15). The number of aromatic carboxylic acids is 1. The third-order valence-corrected chi connectivity index (χ3v) is 2.25. The molecule has 0 radical (unpaired) electrons. The molecule has 15 heavy (non-hydrogen) atoms. The summed E-state index contributed by atoms with van der Waals surface area (Å²) in [5, 5.41) is 9.44. The lowest BCUT2D eigenvalue weighted by Gasteiger charge is -2.01. The largest absolute Gasteiger partial charge is 0.477 e. The summed E-state index contributed by atoms with van der Waals surface area (Å²) in [5.74, 6) is -1.69. The van der Waals surface area contributed by atoms with E-state index in [1.165, 1.54) is 12.1 Å². The van der Waals surface area contributed by atoms with Crippen LogP contribution in [0.5, 0.6) is 0 Å². The first-order valence-electron chi connectivity index (χ1n) is 4.07. The normalized spacial score (nSPS) is 10.5. The first-order valence-corrected chi connectivity index (χ1v) is 4.45. The van der Waals surface area contributed by atoms with E-state index >= 15 is 0 Å². The minimum absolute atomic E-state index is 0.135. The summed E-state index contributed by atoms with van der Waals surface area (Å²) in [6.45, 7) is 0. The molecule has 0 atom stereocenters. The maximum absolute atomic E-state index is 13.0. The van der Waals surface area contributed by atoms with Gasteiger partial charge >= 0.3 is 5.97 Å². The average molecular weight is 226 g/mol. The van der Waals surface area contributed by atoms with Crippen LogP contribution in [0.15, 0.2) is 24.3 Å². The van der Waals surface area contributed by atoms with Gasteiger partial charge in [0.15, 0.2) is 0 Å². The summed E-state index contributed by atoms with van der Waals surface area (Å²) in [4.78, 5) is 14.4. The minimum atomic E-state index is -1.16. The van der Waals surface area contributed by atoms with Crippen molar-refractivity contribution in [2.24, 2.45) is 0 Å². The molecule has 76 valence electrons. The molecule has 0 fully saturated rings. The van der Waals surface area contributed by atoms with Gasteiger partial charge in [0.05, 0.1) is 10.5 Å². The topological polar surface area (TPSA) is 50.2 Å². The number of benzene rings is 1. The molecule has 0 saturated heterocycles. The van der Waals surface area contributed by atoms with Crippen LogP contribution in [0.4, 0.5) is 4.39 Å². The molecule has 1 aromatic carbocycles. The first kappa shape index (κ1) is 9.86. The quantitative estimate of drug-likeness (QED) is 0.812. The van der Waals surface area contributed by atoms with Crippen LogP contribution < -0.4 is 0 Å². The third kappa shape index (κ3) is 1.76. The number of halogens is 2. The number of carboxylic acids is 1. The molecule has 0 aliphatic carbocycles. The summed E-state index contributed by atoms with van der Waals surface area (Å²) >= 11 is 5.77. The maximum atomic E-state index is 13.0. The molecule has 0 aliphatic rings. The van der Waals surface area contributed by atoms with Crippen molar-refractivity contribution in [3.63, 3.8) is 0 Å². The van der Waals surface area contributed by atoms with Crippen molar-refractivity contribution in [1.82, 2.24) is 4.98 Å². The van der Waals surface area contributed by atoms with Gasteiger partial charge in [0.1, 0.15) is 11.5 Å². The summed E-state index contributed by atoms with van der Waals surface area (Å²) < 4.78 is 13.0. The van der Waals surface area contributed by atoms with E-state index in [4.69, 9.17) is 16.7 Å². The summed E-state index contributed by atoms with van der Waals surface area (Å²) in [5.41, 5.74) is 0.101. The van der Waals surface area contributed by atoms with Crippen LogP contribution >= 0.6 is 11.6 Å². The second-order valence-electron chi connectivity index (χ2n) is 2.96. The Kier molecular flexibility index (Phi) is 2.28. The molecule has 0 saturated carbocycles. The van der Waals surface area contributed by atoms with E-state index in [0.29, 0.717) is 5.39 Å². The smallest absolute Gasteiger partial charge is 0.354 e. The lowest BCUT2D eigenvalue weighted by molar-refractivity contribution is 0.0691. The molecule has 2 rings (SSSR count). The molecule has 1 N–H and O–H groups in total. The van der Waals surface area contributed by atoms with E-state index in [2.05, 4.69) is 4.98 Å². The van der Waals surface area contributed by atoms with E-state index in [0.717, 1.165) is 12.1 Å². The van der Waals surface area contributed by atoms with Crippen LogP contribution in [0.25, 0.3) is 10.9 Å². The Morgan fingerprint density at radius 2 is 2.13 bits per heavy atom. The van der Waals surface area contributed by atoms with Crippen molar-refractivity contribution < 1.29 is 14.3 Å². The molecule has 2 aromatic rings. The van der Waals surface area contributed by atoms with E-state index in [1.807, 2.05) is 0 Å². The highest BCUT2D eigenvalue weighted by molar-refractivity contribution is 6.35. The van der Waals surface area contributed by atoms with Crippen LogP contribution in [0.2, 0.25) is 5.02 Å². The van der Waals surface area contributed by atoms with Crippen LogP contribution in [-0.4, -0.2) is 16.1 Å². The number of pyridine rings is 1. The predicted octanol–water partition coefficient (Wildman–Crippen LogP) is 2.73. The number of fused-ring (bicyclic) bond motifs is 1. The number of carboxylic acid groups (broad SMARTS) is 1. The monoisotopic (exact) mass is 225 g/mol. The fourth-order valence-corrected chi connectivity index (χ4v) is 1.54. The lowest BCUT2D eigenvalue weighted by Crippen LogP contribution is -1.99. The van der Waals surface area contributed by atoms with Crippen molar-refractivity contribution >= 4 is 28.5 Å². The Morgan fingerprint density at radius 3 is 2.80 bits per heavy atom. The van der Waals surface area contributed by atoms with Gasteiger partial charge in [-0.25, -0.2) is 14.2 Å². The van der Waals surface area contributed by atoms with Crippen molar-refractivity contribution in [2.45, 2.75) is 0 Å². The molecule has 0 amide bonds. The third-order valence-electron chi connectivity index (χ3n) is 1.94. The summed E-state index contributed by atoms with van der Waals surface area (Å²) in [7, 11) is 0. The number of rotatable bonds is 1. The molecule has 0 aliphatic heterocycles. The zero-order valence-corrected chi connectivity index (χ0v) is 8.12. The van der Waals surface area contributed by atoms with E-state index in [9.17, 15) is 9.18 Å². The van der Waals surface area contributed by atoms with Crippen LogP contribution in [-0.2, 0) is 0 Å². The zero-order valence-electron chi connectivity index (χ0n) is 7.37. The molecular formula is C10H5ClFNO2. The molecular weight excluding hydrogens is 221 g/mol. The molecule has 0 unspecified atom stereocenters. The van der Waals surface area contributed by atoms with Crippen LogP contribution in [0, 0.1) is 5.82 Å². The van der Waals surface area contributed by atoms with Crippen molar-refractivity contribution in [1.29, 1.82) is 0 Å². The van der Waals surface area contributed by atoms with Gasteiger partial charge in [-0.2, -0.15) is 0 Å². The van der Waals surface area contributed by atoms with E-state index in [-0.39, 0.29) is 16.2 Å². The van der Waals surface area contributed by atoms with Gasteiger partial charge in [-0.15, -0.1) is 0 Å². The van der Waals surface area contributed by atoms with Gasteiger partial charge in [0, 0.05) is 11.5 Å². The number of hydrogen-bond donors (Lipinski definition) is 1. The number of hydrogen-bond acceptors (Lipinski definition) is 2. The Morgan fingerprint density at radius 1 is 1.40 bits per heavy atom. The summed E-state index contributed by atoms with van der Waals surface area (Å²) in [6.07, 6.45) is 0. The Hall–Kier alpha value is -1.68. The molecule has 1 heterocycles. The van der Waals surface area contributed by atoms with Crippen molar-refractivity contribution in [3.05, 3.63) is 40.8 Å². The first-order chi connectivity index (χ1) is 7.08. The SMILES string of the molecule is O=C(O)c1ccc2c(Cl)cc(F)cc2n1. The van der Waals surface area contributed by atoms with Crippen molar-refractivity contribution in [3.8, 4) is 0 Å². The van der Waals surface area contributed by atoms with E-state index < -0.39 is 11.8 Å². The fraction of sp³-hybridized carbons (Fsp3) is 0. The van der Waals surface area contributed by atoms with Gasteiger partial charge in [-0.1, -0.05) is 11.6 Å². The van der Waals surface area contributed by atoms with Gasteiger partial charge in [0.25, 0.3) is 0 Å². The van der Waals surface area contributed by atoms with Crippen LogP contribution in [0.1, 0.15) is 10.5 Å². The van der Waals surface area contributed by atoms with E-state index in [1.54, 1.807) is 0 Å². The molecule has 1 aromatic heterocycles. The number of aromatic nitrogens is 1. The zero-order chi connectivity index (χ0) is 11.0. The maximum Gasteiger partial charge on any atom is 0.354 e. The minimum Gasteiger partial charge on any atom is -0.477 e. The number of carbonyl (C=O) groups is 1. The predicted molar refractivity (Wildman–Crippen MR) is 53.7 cm³/mol. The summed E-state index contributed by atoms with van der Waals surface area (Å²) in [6, 6.07) is 5.14. The molecule has 3 nitrogen and oxygen atoms in total. The highest BCUT2D eigenvalue weighted by Crippen LogP contribution is 2.23. The highest BCUT2D eigenvalue weighted by atomic mass is 35.5. The van der Waals surface area contributed by atoms with Gasteiger partial charge < -0.3 is 5.11 Å². The van der Waals surface area contributed by atoms with Gasteiger partial charge in [0.2, 0.25) is 0 Å². The van der Waals surface area contributed by atoms with Gasteiger partial charge in [-0.05, 0) is 18.2 Å². The lowest BCUT2D eigenvalue weighted by atomic mass is 10.2. The second kappa shape index (κ2) is 3.47. The van der Waals surface area contributed by atoms with Crippen molar-refractivity contribution in [2.75, 3.05) is 0 Å². The fourth-order valence-electron chi connectivity index (χ4n) is 1.28. The Labute approximate surface area is 89.1 Å². The Balaban J connectivity index is 2.76. The van der Waals surface area contributed by atoms with Crippen LogP contribution in [0.3, 0.4) is 0 Å².